The van der Waals surface area contributed by atoms with E-state index in [4.69, 9.17) is 16.0 Å². The highest BCUT2D eigenvalue weighted by Crippen LogP contribution is 2.26. The van der Waals surface area contributed by atoms with Crippen molar-refractivity contribution in [3.05, 3.63) is 83.1 Å². The molecule has 0 radical (unpaired) electrons. The Morgan fingerprint density at radius 3 is 2.46 bits per heavy atom. The van der Waals surface area contributed by atoms with Crippen LogP contribution in [0.15, 0.2) is 65.3 Å². The molecule has 0 saturated carbocycles. The maximum atomic E-state index is 12.4. The minimum atomic E-state index is -0.192. The fourth-order valence-electron chi connectivity index (χ4n) is 2.88. The summed E-state index contributed by atoms with van der Waals surface area (Å²) in [4.78, 5) is 16.8. The molecule has 28 heavy (non-hydrogen) atoms. The van der Waals surface area contributed by atoms with Crippen molar-refractivity contribution in [1.82, 2.24) is 20.5 Å². The highest BCUT2D eigenvalue weighted by Gasteiger charge is 2.13. The van der Waals surface area contributed by atoms with Gasteiger partial charge in [0, 0.05) is 27.9 Å². The quantitative estimate of drug-likeness (QED) is 0.519. The molecule has 2 heterocycles. The van der Waals surface area contributed by atoms with Gasteiger partial charge < -0.3 is 9.73 Å². The molecule has 0 aliphatic rings. The second kappa shape index (κ2) is 7.70. The third-order valence-electron chi connectivity index (χ3n) is 4.33. The van der Waals surface area contributed by atoms with Crippen molar-refractivity contribution in [1.29, 1.82) is 0 Å². The van der Waals surface area contributed by atoms with Crippen LogP contribution in [0.25, 0.3) is 22.5 Å². The monoisotopic (exact) mass is 392 g/mol. The molecule has 1 amide bonds. The summed E-state index contributed by atoms with van der Waals surface area (Å²) in [5.74, 6) is 0.929. The molecule has 0 bridgehead atoms. The molecule has 2 aromatic carbocycles. The highest BCUT2D eigenvalue weighted by molar-refractivity contribution is 6.30. The van der Waals surface area contributed by atoms with Crippen LogP contribution in [-0.4, -0.2) is 21.1 Å². The van der Waals surface area contributed by atoms with Gasteiger partial charge in [-0.15, -0.1) is 0 Å². The lowest BCUT2D eigenvalue weighted by molar-refractivity contribution is 0.0947. The van der Waals surface area contributed by atoms with E-state index >= 15 is 0 Å². The number of halogens is 1. The Labute approximate surface area is 166 Å². The summed E-state index contributed by atoms with van der Waals surface area (Å²) < 4.78 is 5.82. The zero-order chi connectivity index (χ0) is 19.5. The van der Waals surface area contributed by atoms with E-state index < -0.39 is 0 Å². The third kappa shape index (κ3) is 3.82. The Bertz CT molecular complexity index is 1080. The van der Waals surface area contributed by atoms with Crippen molar-refractivity contribution in [2.24, 2.45) is 0 Å². The minimum Gasteiger partial charge on any atom is -0.438 e. The molecule has 140 valence electrons. The van der Waals surface area contributed by atoms with Gasteiger partial charge in [0.05, 0.1) is 18.4 Å². The average Bonchev–Trinajstić information content (AvgIpc) is 3.37. The van der Waals surface area contributed by atoms with Crippen LogP contribution in [0.2, 0.25) is 5.02 Å². The Hall–Kier alpha value is -3.38. The van der Waals surface area contributed by atoms with E-state index in [0.717, 1.165) is 22.4 Å². The first kappa shape index (κ1) is 18.0. The van der Waals surface area contributed by atoms with Gasteiger partial charge in [-0.3, -0.25) is 9.89 Å². The summed E-state index contributed by atoms with van der Waals surface area (Å²) >= 11 is 5.93. The highest BCUT2D eigenvalue weighted by atomic mass is 35.5. The summed E-state index contributed by atoms with van der Waals surface area (Å²) in [6.45, 7) is 2.07. The van der Waals surface area contributed by atoms with Crippen LogP contribution in [0.3, 0.4) is 0 Å². The van der Waals surface area contributed by atoms with E-state index in [1.54, 1.807) is 36.7 Å². The number of aryl methyl sites for hydroxylation is 1. The van der Waals surface area contributed by atoms with Gasteiger partial charge in [-0.1, -0.05) is 23.7 Å². The predicted octanol–water partition coefficient (Wildman–Crippen LogP) is 4.62. The number of hydrogen-bond acceptors (Lipinski definition) is 4. The van der Waals surface area contributed by atoms with Crippen molar-refractivity contribution in [3.8, 4) is 22.5 Å². The number of rotatable bonds is 5. The van der Waals surface area contributed by atoms with Crippen molar-refractivity contribution in [2.45, 2.75) is 13.5 Å². The maximum Gasteiger partial charge on any atom is 0.251 e. The molecular formula is C21H17ClN4O2. The van der Waals surface area contributed by atoms with Gasteiger partial charge in [0.1, 0.15) is 0 Å². The van der Waals surface area contributed by atoms with Crippen molar-refractivity contribution in [3.63, 3.8) is 0 Å². The zero-order valence-electron chi connectivity index (χ0n) is 15.1. The Balaban J connectivity index is 1.42. The standard InChI is InChI=1S/C21H17ClN4O2/c1-13-20(15-6-8-18(22)9-7-15)28-19(26-13)12-23-21(27)16-4-2-14(3-5-16)17-10-24-25-11-17/h2-11H,12H2,1H3,(H,23,27)(H,24,25). The second-order valence-corrected chi connectivity index (χ2v) is 6.71. The molecule has 0 spiro atoms. The number of hydrogen-bond donors (Lipinski definition) is 2. The smallest absolute Gasteiger partial charge is 0.251 e. The SMILES string of the molecule is Cc1nc(CNC(=O)c2ccc(-c3cn[nH]c3)cc2)oc1-c1ccc(Cl)cc1. The summed E-state index contributed by atoms with van der Waals surface area (Å²) in [5, 5.41) is 10.2. The topological polar surface area (TPSA) is 83.8 Å². The van der Waals surface area contributed by atoms with Crippen molar-refractivity contribution < 1.29 is 9.21 Å². The van der Waals surface area contributed by atoms with E-state index in [1.165, 1.54) is 0 Å². The molecule has 4 aromatic rings. The number of aromatic amines is 1. The van der Waals surface area contributed by atoms with Crippen LogP contribution in [0.5, 0.6) is 0 Å². The number of oxazole rings is 1. The summed E-state index contributed by atoms with van der Waals surface area (Å²) in [5.41, 5.74) is 4.17. The summed E-state index contributed by atoms with van der Waals surface area (Å²) in [7, 11) is 0. The van der Waals surface area contributed by atoms with Crippen LogP contribution in [0.1, 0.15) is 21.9 Å². The molecule has 0 aliphatic carbocycles. The molecule has 0 aliphatic heterocycles. The molecule has 0 fully saturated rings. The number of nitrogens with one attached hydrogen (secondary N) is 2. The van der Waals surface area contributed by atoms with Gasteiger partial charge in [0.25, 0.3) is 5.91 Å². The zero-order valence-corrected chi connectivity index (χ0v) is 15.8. The third-order valence-corrected chi connectivity index (χ3v) is 4.58. The van der Waals surface area contributed by atoms with Crippen LogP contribution in [0, 0.1) is 6.92 Å². The number of carbonyl (C=O) groups excluding carboxylic acids is 1. The predicted molar refractivity (Wildman–Crippen MR) is 107 cm³/mol. The Morgan fingerprint density at radius 2 is 1.79 bits per heavy atom. The number of amides is 1. The van der Waals surface area contributed by atoms with E-state index in [9.17, 15) is 4.79 Å². The Morgan fingerprint density at radius 1 is 1.07 bits per heavy atom. The molecule has 6 nitrogen and oxygen atoms in total. The van der Waals surface area contributed by atoms with Crippen LogP contribution >= 0.6 is 11.6 Å². The summed E-state index contributed by atoms with van der Waals surface area (Å²) in [6.07, 6.45) is 3.54. The lowest BCUT2D eigenvalue weighted by atomic mass is 10.1. The second-order valence-electron chi connectivity index (χ2n) is 6.28. The maximum absolute atomic E-state index is 12.4. The van der Waals surface area contributed by atoms with Crippen molar-refractivity contribution in [2.75, 3.05) is 0 Å². The van der Waals surface area contributed by atoms with Gasteiger partial charge in [-0.05, 0) is 48.9 Å². The van der Waals surface area contributed by atoms with Crippen LogP contribution in [0.4, 0.5) is 0 Å². The normalized spacial score (nSPS) is 10.8. The van der Waals surface area contributed by atoms with Crippen LogP contribution in [-0.2, 0) is 6.54 Å². The van der Waals surface area contributed by atoms with E-state index in [1.807, 2.05) is 31.2 Å². The average molecular weight is 393 g/mol. The largest absolute Gasteiger partial charge is 0.438 e. The van der Waals surface area contributed by atoms with Gasteiger partial charge in [0.15, 0.2) is 5.76 Å². The molecule has 2 N–H and O–H groups in total. The van der Waals surface area contributed by atoms with Gasteiger partial charge in [-0.25, -0.2) is 4.98 Å². The van der Waals surface area contributed by atoms with Crippen LogP contribution < -0.4 is 5.32 Å². The van der Waals surface area contributed by atoms with Crippen molar-refractivity contribution >= 4 is 17.5 Å². The molecule has 0 saturated heterocycles. The first-order valence-corrected chi connectivity index (χ1v) is 9.07. The fraction of sp³-hybridized carbons (Fsp3) is 0.0952. The summed E-state index contributed by atoms with van der Waals surface area (Å²) in [6, 6.07) is 14.7. The van der Waals surface area contributed by atoms with Gasteiger partial charge in [0.2, 0.25) is 5.89 Å². The molecule has 2 aromatic heterocycles. The van der Waals surface area contributed by atoms with E-state index in [0.29, 0.717) is 22.2 Å². The number of nitrogens with zero attached hydrogens (tertiary/aromatic N) is 2. The Kier molecular flexibility index (Phi) is 4.95. The molecule has 0 unspecified atom stereocenters. The first-order chi connectivity index (χ1) is 13.6. The molecular weight excluding hydrogens is 376 g/mol. The van der Waals surface area contributed by atoms with E-state index in [-0.39, 0.29) is 12.5 Å². The molecule has 4 rings (SSSR count). The number of carbonyl (C=O) groups is 1. The fourth-order valence-corrected chi connectivity index (χ4v) is 3.00. The van der Waals surface area contributed by atoms with Gasteiger partial charge >= 0.3 is 0 Å². The molecule has 7 heteroatoms. The van der Waals surface area contributed by atoms with E-state index in [2.05, 4.69) is 20.5 Å². The number of H-pyrrole nitrogens is 1. The minimum absolute atomic E-state index is 0.192. The number of benzene rings is 2. The molecule has 0 atom stereocenters. The first-order valence-electron chi connectivity index (χ1n) is 8.70. The van der Waals surface area contributed by atoms with Gasteiger partial charge in [-0.2, -0.15) is 5.10 Å². The lowest BCUT2D eigenvalue weighted by Gasteiger charge is -2.04. The number of aromatic nitrogens is 3. The lowest BCUT2D eigenvalue weighted by Crippen LogP contribution is -2.22.